The number of carbonyl (C=O) groups is 3. The van der Waals surface area contributed by atoms with Crippen molar-refractivity contribution in [1.29, 1.82) is 0 Å². The molecule has 3 aliphatic heterocycles. The number of anilines is 5. The zero-order chi connectivity index (χ0) is 48.4. The smallest absolute Gasteiger partial charge is 0.363 e. The van der Waals surface area contributed by atoms with Gasteiger partial charge in [-0.1, -0.05) is 42.5 Å². The van der Waals surface area contributed by atoms with Crippen molar-refractivity contribution in [1.82, 2.24) is 34.9 Å². The van der Waals surface area contributed by atoms with Crippen LogP contribution in [0.3, 0.4) is 0 Å². The van der Waals surface area contributed by atoms with Crippen LogP contribution >= 0.6 is 23.5 Å². The van der Waals surface area contributed by atoms with Gasteiger partial charge in [0.05, 0.1) is 46.9 Å². The quantitative estimate of drug-likeness (QED) is 0.0716. The maximum absolute atomic E-state index is 15.4. The lowest BCUT2D eigenvalue weighted by Crippen LogP contribution is -2.52. The zero-order valence-electron chi connectivity index (χ0n) is 38.7. The van der Waals surface area contributed by atoms with Crippen molar-refractivity contribution in [2.75, 3.05) is 82.7 Å². The molecule has 3 amide bonds. The molecule has 4 aromatic carbocycles. The van der Waals surface area contributed by atoms with Gasteiger partial charge in [-0.25, -0.2) is 9.37 Å². The van der Waals surface area contributed by atoms with Crippen LogP contribution in [0.1, 0.15) is 48.6 Å². The Morgan fingerprint density at radius 3 is 2.38 bits per heavy atom. The number of piperidine rings is 2. The summed E-state index contributed by atoms with van der Waals surface area (Å²) in [5, 5.41) is 15.5. The number of rotatable bonds is 14. The zero-order valence-corrected chi connectivity index (χ0v) is 41.2. The van der Waals surface area contributed by atoms with Gasteiger partial charge in [0.1, 0.15) is 17.4 Å². The van der Waals surface area contributed by atoms with E-state index in [1.165, 1.54) is 20.3 Å². The van der Waals surface area contributed by atoms with Crippen LogP contribution in [0.25, 0.3) is 21.9 Å². The largest absolute Gasteiger partial charge is 0.494 e. The number of carbonyl (C=O) groups excluding carboxylic acids is 3. The predicted octanol–water partition coefficient (Wildman–Crippen LogP) is 7.59. The number of fused-ring (bicyclic) bond motifs is 1. The van der Waals surface area contributed by atoms with Crippen LogP contribution in [0, 0.1) is 5.82 Å². The molecule has 20 heteroatoms. The molecule has 0 radical (unpaired) electrons. The summed E-state index contributed by atoms with van der Waals surface area (Å²) in [5.74, 6) is -0.274. The molecule has 3 fully saturated rings. The molecule has 6 aromatic rings. The van der Waals surface area contributed by atoms with Crippen LogP contribution in [-0.2, 0) is 35.0 Å². The van der Waals surface area contributed by atoms with Crippen LogP contribution in [0.4, 0.5) is 33.2 Å². The first-order valence-corrected chi connectivity index (χ1v) is 25.1. The van der Waals surface area contributed by atoms with Gasteiger partial charge in [0, 0.05) is 89.1 Å². The number of amides is 3. The van der Waals surface area contributed by atoms with Crippen molar-refractivity contribution in [3.05, 3.63) is 107 Å². The van der Waals surface area contributed by atoms with E-state index in [0.717, 1.165) is 22.2 Å². The summed E-state index contributed by atoms with van der Waals surface area (Å²) in [6.07, 6.45) is 7.41. The third-order valence-electron chi connectivity index (χ3n) is 13.3. The first-order chi connectivity index (χ1) is 33.3. The van der Waals surface area contributed by atoms with Crippen molar-refractivity contribution < 1.29 is 37.1 Å². The molecule has 0 bridgehead atoms. The van der Waals surface area contributed by atoms with Gasteiger partial charge in [-0.2, -0.15) is 10.1 Å². The summed E-state index contributed by atoms with van der Waals surface area (Å²) in [6.45, 7) is 3.86. The minimum absolute atomic E-state index is 0.00953. The second kappa shape index (κ2) is 20.4. The fourth-order valence-electron chi connectivity index (χ4n) is 9.55. The molecule has 0 saturated carbocycles. The molecule has 3 saturated heterocycles. The summed E-state index contributed by atoms with van der Waals surface area (Å²) in [6, 6.07) is 20.3. The highest BCUT2D eigenvalue weighted by molar-refractivity contribution is 9.10. The molecule has 0 spiro atoms. The number of likely N-dealkylation sites (tertiary alicyclic amines) is 1. The average molecular weight is 1020 g/mol. The Labute approximate surface area is 407 Å². The molecule has 3 N–H and O–H groups in total. The van der Waals surface area contributed by atoms with Crippen molar-refractivity contribution >= 4 is 86.2 Å². The molecular formula is C49H53BrFN10O7P. The number of nitrogens with zero attached hydrogens (tertiary/aromatic N) is 7. The van der Waals surface area contributed by atoms with Crippen molar-refractivity contribution in [3.63, 3.8) is 0 Å². The number of aromatic nitrogens is 4. The molecule has 5 heterocycles. The second-order valence-corrected chi connectivity index (χ2v) is 20.4. The molecule has 2 aromatic heterocycles. The van der Waals surface area contributed by atoms with Crippen LogP contribution in [-0.4, -0.2) is 114 Å². The van der Waals surface area contributed by atoms with Crippen LogP contribution in [0.2, 0.25) is 0 Å². The number of halogens is 2. The Hall–Kier alpha value is -6.24. The lowest BCUT2D eigenvalue weighted by atomic mass is 9.85. The van der Waals surface area contributed by atoms with Crippen LogP contribution < -0.4 is 30.9 Å². The van der Waals surface area contributed by atoms with E-state index < -0.39 is 13.5 Å². The van der Waals surface area contributed by atoms with E-state index in [1.54, 1.807) is 36.3 Å². The first-order valence-electron chi connectivity index (χ1n) is 22.7. The average Bonchev–Trinajstić information content (AvgIpc) is 3.80. The third-order valence-corrected chi connectivity index (χ3v) is 15.8. The number of hydrogen-bond acceptors (Lipinski definition) is 14. The monoisotopic (exact) mass is 1020 g/mol. The molecule has 1 atom stereocenters. The van der Waals surface area contributed by atoms with Gasteiger partial charge < -0.3 is 34.2 Å². The van der Waals surface area contributed by atoms with Gasteiger partial charge in [0.25, 0.3) is 0 Å². The van der Waals surface area contributed by atoms with Gasteiger partial charge in [-0.3, -0.25) is 33.8 Å². The highest BCUT2D eigenvalue weighted by atomic mass is 79.9. The SMILES string of the molecule is COc1cc(N2CCN(C(=O)CN3CCC(c4ccc(C5CCC(=O)NC5=O)cc4F)CC3)CC2)c(-c2cnn(C)c2)cc1Nc1ncc(Br)c(Nc2ccc3ccccc3c2P(=O)(OC)OC)n1. The number of ether oxygens (including phenoxy) is 1. The summed E-state index contributed by atoms with van der Waals surface area (Å²) < 4.78 is 48.6. The Balaban J connectivity index is 0.868. The predicted molar refractivity (Wildman–Crippen MR) is 265 cm³/mol. The van der Waals surface area contributed by atoms with Gasteiger partial charge in [0.2, 0.25) is 23.7 Å². The molecule has 1 unspecified atom stereocenters. The van der Waals surface area contributed by atoms with E-state index in [-0.39, 0.29) is 41.8 Å². The van der Waals surface area contributed by atoms with E-state index in [4.69, 9.17) is 18.8 Å². The minimum Gasteiger partial charge on any atom is -0.494 e. The summed E-state index contributed by atoms with van der Waals surface area (Å²) in [4.78, 5) is 53.4. The summed E-state index contributed by atoms with van der Waals surface area (Å²) >= 11 is 3.58. The van der Waals surface area contributed by atoms with Crippen LogP contribution in [0.15, 0.2) is 89.8 Å². The van der Waals surface area contributed by atoms with Gasteiger partial charge in [-0.05, 0) is 94.3 Å². The lowest BCUT2D eigenvalue weighted by Gasteiger charge is -2.39. The summed E-state index contributed by atoms with van der Waals surface area (Å²) in [5.41, 5.74) is 4.99. The molecule has 3 aliphatic rings. The van der Waals surface area contributed by atoms with Gasteiger partial charge in [-0.15, -0.1) is 0 Å². The Kier molecular flexibility index (Phi) is 14.1. The summed E-state index contributed by atoms with van der Waals surface area (Å²) in [7, 11) is 2.44. The van der Waals surface area contributed by atoms with Gasteiger partial charge >= 0.3 is 7.60 Å². The first kappa shape index (κ1) is 47.8. The molecular weight excluding hydrogens is 970 g/mol. The number of methoxy groups -OCH3 is 1. The second-order valence-electron chi connectivity index (χ2n) is 17.4. The van der Waals surface area contributed by atoms with E-state index >= 15 is 4.39 Å². The highest BCUT2D eigenvalue weighted by Crippen LogP contribution is 2.50. The number of aryl methyl sites for hydroxylation is 1. The number of hydrogen-bond donors (Lipinski definition) is 3. The molecule has 17 nitrogen and oxygen atoms in total. The fraction of sp³-hybridized carbons (Fsp3) is 0.347. The topological polar surface area (TPSA) is 185 Å². The Morgan fingerprint density at radius 1 is 0.913 bits per heavy atom. The normalized spacial score (nSPS) is 17.3. The molecule has 69 heavy (non-hydrogen) atoms. The number of nitrogens with one attached hydrogen (secondary N) is 3. The maximum Gasteiger partial charge on any atom is 0.363 e. The fourth-order valence-corrected chi connectivity index (χ4v) is 11.3. The number of piperazine rings is 1. The van der Waals surface area contributed by atoms with E-state index in [1.807, 2.05) is 66.7 Å². The van der Waals surface area contributed by atoms with E-state index in [9.17, 15) is 18.9 Å². The highest BCUT2D eigenvalue weighted by Gasteiger charge is 2.33. The standard InChI is InChI=1S/C49H53BrFN10O7P/c1-58-28-33(26-53-58)37-24-41(55-49-52-27-38(50)47(57-49)54-40-13-10-30-7-5-6-8-35(30)46(40)69(65,67-3)68-4)43(66-2)25-42(37)60-19-21-61(22-20-60)45(63)29-59-17-15-31(16-18-59)34-11-9-32(23-39(34)51)36-12-14-44(62)56-48(36)64/h5-11,13,23-28,31,36H,12,14-22,29H2,1-4H3,(H,56,62,64)(H2,52,54,55,57). The van der Waals surface area contributed by atoms with E-state index in [0.29, 0.717) is 114 Å². The Bertz CT molecular complexity index is 2970. The van der Waals surface area contributed by atoms with Crippen LogP contribution in [0.5, 0.6) is 5.75 Å². The van der Waals surface area contributed by atoms with Crippen molar-refractivity contribution in [3.8, 4) is 16.9 Å². The van der Waals surface area contributed by atoms with Crippen molar-refractivity contribution in [2.45, 2.75) is 37.5 Å². The third kappa shape index (κ3) is 10.1. The van der Waals surface area contributed by atoms with Gasteiger partial charge in [0.15, 0.2) is 0 Å². The Morgan fingerprint density at radius 2 is 1.68 bits per heavy atom. The number of imide groups is 1. The van der Waals surface area contributed by atoms with Crippen molar-refractivity contribution in [2.24, 2.45) is 7.05 Å². The maximum atomic E-state index is 15.4. The lowest BCUT2D eigenvalue weighted by molar-refractivity contribution is -0.134. The number of benzene rings is 4. The minimum atomic E-state index is -3.74. The molecule has 9 rings (SSSR count). The van der Waals surface area contributed by atoms with E-state index in [2.05, 4.69) is 51.8 Å². The molecule has 0 aliphatic carbocycles. The molecule has 360 valence electrons.